The summed E-state index contributed by atoms with van der Waals surface area (Å²) in [6.45, 7) is 12.9. The number of ether oxygens (including phenoxy) is 1. The highest BCUT2D eigenvalue weighted by molar-refractivity contribution is 5.83. The molecule has 0 aromatic heterocycles. The SMILES string of the molecule is C=CC(/C=C/C(=O)OCC)=C\C(=C\C)C(\CC)=C(\C=O)C(=C)O. The van der Waals surface area contributed by atoms with Crippen molar-refractivity contribution >= 4 is 12.3 Å². The lowest BCUT2D eigenvalue weighted by atomic mass is 9.95. The van der Waals surface area contributed by atoms with Gasteiger partial charge in [-0.05, 0) is 49.1 Å². The zero-order valence-electron chi connectivity index (χ0n) is 14.0. The number of hydrogen-bond acceptors (Lipinski definition) is 4. The standard InChI is InChI=1S/C19H24O4/c1-6-15(10-11-19(22)23-9-4)12-16(7-2)17(8-3)18(13-20)14(5)21/h6-7,10-13,21H,1,5,8-9H2,2-4H3/b11-10+,15-12+,16-7-,18-17-. The Kier molecular flexibility index (Phi) is 9.76. The first-order chi connectivity index (χ1) is 10.9. The highest BCUT2D eigenvalue weighted by atomic mass is 16.5. The van der Waals surface area contributed by atoms with Crippen LogP contribution in [0.3, 0.4) is 0 Å². The lowest BCUT2D eigenvalue weighted by molar-refractivity contribution is -0.137. The number of esters is 1. The number of carbonyl (C=O) groups is 2. The first-order valence-electron chi connectivity index (χ1n) is 7.37. The molecule has 0 saturated heterocycles. The van der Waals surface area contributed by atoms with E-state index >= 15 is 0 Å². The largest absolute Gasteiger partial charge is 0.508 e. The summed E-state index contributed by atoms with van der Waals surface area (Å²) < 4.78 is 4.82. The van der Waals surface area contributed by atoms with Crippen LogP contribution in [0.1, 0.15) is 27.2 Å². The second kappa shape index (κ2) is 11.0. The van der Waals surface area contributed by atoms with Crippen LogP contribution in [0.5, 0.6) is 0 Å². The average Bonchev–Trinajstić information content (AvgIpc) is 2.53. The maximum atomic E-state index is 11.4. The molecule has 4 heteroatoms. The van der Waals surface area contributed by atoms with Gasteiger partial charge in [-0.15, -0.1) is 0 Å². The fourth-order valence-electron chi connectivity index (χ4n) is 1.92. The molecule has 0 rings (SSSR count). The van der Waals surface area contributed by atoms with Crippen molar-refractivity contribution in [3.63, 3.8) is 0 Å². The van der Waals surface area contributed by atoms with E-state index in [0.717, 1.165) is 5.57 Å². The van der Waals surface area contributed by atoms with Crippen LogP contribution in [0.15, 0.2) is 71.6 Å². The van der Waals surface area contributed by atoms with Crippen molar-refractivity contribution in [2.75, 3.05) is 6.61 Å². The van der Waals surface area contributed by atoms with Gasteiger partial charge in [0, 0.05) is 6.08 Å². The van der Waals surface area contributed by atoms with Crippen LogP contribution in [-0.4, -0.2) is 24.0 Å². The van der Waals surface area contributed by atoms with E-state index in [2.05, 4.69) is 13.2 Å². The van der Waals surface area contributed by atoms with Crippen LogP contribution in [-0.2, 0) is 14.3 Å². The molecular formula is C19H24O4. The minimum Gasteiger partial charge on any atom is -0.508 e. The summed E-state index contributed by atoms with van der Waals surface area (Å²) in [6.07, 6.45) is 9.18. The number of aliphatic hydroxyl groups excluding tert-OH is 1. The number of hydrogen-bond donors (Lipinski definition) is 1. The van der Waals surface area contributed by atoms with Gasteiger partial charge in [0.05, 0.1) is 12.2 Å². The Bertz CT molecular complexity index is 586. The molecular weight excluding hydrogens is 292 g/mol. The highest BCUT2D eigenvalue weighted by Gasteiger charge is 2.10. The quantitative estimate of drug-likeness (QED) is 0.228. The smallest absolute Gasteiger partial charge is 0.330 e. The Morgan fingerprint density at radius 3 is 2.30 bits per heavy atom. The molecule has 0 heterocycles. The minimum atomic E-state index is -0.439. The normalized spacial score (nSPS) is 13.5. The van der Waals surface area contributed by atoms with Crippen molar-refractivity contribution in [3.05, 3.63) is 71.6 Å². The molecule has 0 aromatic rings. The van der Waals surface area contributed by atoms with Gasteiger partial charge in [0.25, 0.3) is 0 Å². The Balaban J connectivity index is 5.76. The molecule has 23 heavy (non-hydrogen) atoms. The van der Waals surface area contributed by atoms with Crippen molar-refractivity contribution in [1.82, 2.24) is 0 Å². The molecule has 124 valence electrons. The van der Waals surface area contributed by atoms with Gasteiger partial charge in [-0.2, -0.15) is 0 Å². The van der Waals surface area contributed by atoms with Crippen molar-refractivity contribution in [2.24, 2.45) is 0 Å². The first kappa shape index (κ1) is 20.4. The number of aliphatic hydroxyl groups is 1. The van der Waals surface area contributed by atoms with Crippen LogP contribution in [0.2, 0.25) is 0 Å². The van der Waals surface area contributed by atoms with Crippen LogP contribution in [0.25, 0.3) is 0 Å². The summed E-state index contributed by atoms with van der Waals surface area (Å²) in [5.74, 6) is -0.710. The Morgan fingerprint density at radius 1 is 1.26 bits per heavy atom. The molecule has 0 bridgehead atoms. The molecule has 0 aromatic carbocycles. The molecule has 0 saturated carbocycles. The topological polar surface area (TPSA) is 63.6 Å². The zero-order valence-corrected chi connectivity index (χ0v) is 14.0. The zero-order chi connectivity index (χ0) is 17.8. The third-order valence-corrected chi connectivity index (χ3v) is 3.02. The summed E-state index contributed by atoms with van der Waals surface area (Å²) in [5.41, 5.74) is 2.24. The predicted molar refractivity (Wildman–Crippen MR) is 93.0 cm³/mol. The molecule has 0 spiro atoms. The predicted octanol–water partition coefficient (Wildman–Crippen LogP) is 4.14. The van der Waals surface area contributed by atoms with Crippen LogP contribution >= 0.6 is 0 Å². The molecule has 0 fully saturated rings. The Labute approximate surface area is 137 Å². The molecule has 4 nitrogen and oxygen atoms in total. The van der Waals surface area contributed by atoms with E-state index in [4.69, 9.17) is 4.74 Å². The maximum absolute atomic E-state index is 11.4. The van der Waals surface area contributed by atoms with E-state index in [9.17, 15) is 14.7 Å². The highest BCUT2D eigenvalue weighted by Crippen LogP contribution is 2.23. The van der Waals surface area contributed by atoms with Gasteiger partial charge >= 0.3 is 5.97 Å². The van der Waals surface area contributed by atoms with E-state index in [1.807, 2.05) is 19.9 Å². The van der Waals surface area contributed by atoms with Crippen molar-refractivity contribution in [3.8, 4) is 0 Å². The fraction of sp³-hybridized carbons (Fsp3) is 0.263. The minimum absolute atomic E-state index is 0.162. The fourth-order valence-corrected chi connectivity index (χ4v) is 1.92. The van der Waals surface area contributed by atoms with E-state index in [0.29, 0.717) is 30.5 Å². The summed E-state index contributed by atoms with van der Waals surface area (Å²) in [7, 11) is 0. The second-order valence-electron chi connectivity index (χ2n) is 4.49. The molecule has 0 atom stereocenters. The lowest BCUT2D eigenvalue weighted by Gasteiger charge is -2.11. The van der Waals surface area contributed by atoms with E-state index in [1.54, 1.807) is 25.2 Å². The van der Waals surface area contributed by atoms with Crippen LogP contribution in [0.4, 0.5) is 0 Å². The summed E-state index contributed by atoms with van der Waals surface area (Å²) >= 11 is 0. The maximum Gasteiger partial charge on any atom is 0.330 e. The van der Waals surface area contributed by atoms with Gasteiger partial charge in [0.1, 0.15) is 5.76 Å². The second-order valence-corrected chi connectivity index (χ2v) is 4.49. The third-order valence-electron chi connectivity index (χ3n) is 3.02. The molecule has 0 amide bonds. The van der Waals surface area contributed by atoms with Crippen molar-refractivity contribution in [2.45, 2.75) is 27.2 Å². The van der Waals surface area contributed by atoms with Gasteiger partial charge in [0.15, 0.2) is 6.29 Å². The molecule has 1 N–H and O–H groups in total. The van der Waals surface area contributed by atoms with E-state index < -0.39 is 5.97 Å². The molecule has 0 unspecified atom stereocenters. The number of allylic oxidation sites excluding steroid dienone is 8. The summed E-state index contributed by atoms with van der Waals surface area (Å²) in [5, 5.41) is 9.56. The Morgan fingerprint density at radius 2 is 1.91 bits per heavy atom. The molecule has 0 aliphatic rings. The first-order valence-corrected chi connectivity index (χ1v) is 7.37. The number of rotatable bonds is 9. The lowest BCUT2D eigenvalue weighted by Crippen LogP contribution is -2.00. The van der Waals surface area contributed by atoms with Crippen LogP contribution in [0, 0.1) is 0 Å². The molecule has 0 aliphatic heterocycles. The molecule has 0 radical (unpaired) electrons. The number of aldehydes is 1. The van der Waals surface area contributed by atoms with E-state index in [-0.39, 0.29) is 11.3 Å². The van der Waals surface area contributed by atoms with Crippen molar-refractivity contribution < 1.29 is 19.4 Å². The van der Waals surface area contributed by atoms with E-state index in [1.165, 1.54) is 6.08 Å². The van der Waals surface area contributed by atoms with Gasteiger partial charge in [0.2, 0.25) is 0 Å². The van der Waals surface area contributed by atoms with Gasteiger partial charge in [-0.3, -0.25) is 4.79 Å². The Hall–Kier alpha value is -2.62. The average molecular weight is 316 g/mol. The summed E-state index contributed by atoms with van der Waals surface area (Å²) in [6, 6.07) is 0. The summed E-state index contributed by atoms with van der Waals surface area (Å²) in [4.78, 5) is 22.6. The number of carbonyl (C=O) groups excluding carboxylic acids is 2. The van der Waals surface area contributed by atoms with Crippen LogP contribution < -0.4 is 0 Å². The molecule has 0 aliphatic carbocycles. The monoisotopic (exact) mass is 316 g/mol. The third kappa shape index (κ3) is 6.78. The van der Waals surface area contributed by atoms with Gasteiger partial charge in [-0.25, -0.2) is 4.79 Å². The van der Waals surface area contributed by atoms with Gasteiger partial charge < -0.3 is 9.84 Å². The van der Waals surface area contributed by atoms with Crippen molar-refractivity contribution in [1.29, 1.82) is 0 Å². The van der Waals surface area contributed by atoms with Gasteiger partial charge in [-0.1, -0.05) is 32.2 Å².